The molecule has 0 aliphatic heterocycles. The molecule has 0 N–H and O–H groups in total. The molecular formula is C51H86O6. The van der Waals surface area contributed by atoms with Crippen molar-refractivity contribution in [3.05, 3.63) is 72.9 Å². The average Bonchev–Trinajstić information content (AvgIpc) is 3.21. The number of hydrogen-bond acceptors (Lipinski definition) is 6. The quantitative estimate of drug-likeness (QED) is 0.0265. The molecule has 0 saturated heterocycles. The molecule has 0 aliphatic carbocycles. The molecule has 57 heavy (non-hydrogen) atoms. The van der Waals surface area contributed by atoms with Crippen LogP contribution in [0.5, 0.6) is 0 Å². The molecular weight excluding hydrogens is 709 g/mol. The molecule has 0 saturated carbocycles. The predicted octanol–water partition coefficient (Wildman–Crippen LogP) is 15.1. The summed E-state index contributed by atoms with van der Waals surface area (Å²) in [6.45, 7) is 6.41. The third-order valence-electron chi connectivity index (χ3n) is 9.70. The van der Waals surface area contributed by atoms with E-state index in [4.69, 9.17) is 14.2 Å². The molecule has 0 radical (unpaired) electrons. The van der Waals surface area contributed by atoms with E-state index in [2.05, 4.69) is 93.7 Å². The van der Waals surface area contributed by atoms with Gasteiger partial charge in [0.2, 0.25) is 0 Å². The molecule has 0 aromatic heterocycles. The lowest BCUT2D eigenvalue weighted by Gasteiger charge is -2.18. The van der Waals surface area contributed by atoms with Crippen molar-refractivity contribution in [1.82, 2.24) is 0 Å². The molecule has 1 atom stereocenters. The Kier molecular flexibility index (Phi) is 43.0. The SMILES string of the molecule is CC/C=C\C/C=C\C/C=C\C/C=C\C/C=C\CCCC(=O)OCC(COC(=O)CCCCCCCCCC)OC(=O)CCCCCCC/C=C\CCCCCCC. The maximum absolute atomic E-state index is 12.7. The Labute approximate surface area is 351 Å². The minimum absolute atomic E-state index is 0.0961. The zero-order valence-corrected chi connectivity index (χ0v) is 37.1. The molecule has 0 spiro atoms. The van der Waals surface area contributed by atoms with Crippen molar-refractivity contribution >= 4 is 17.9 Å². The van der Waals surface area contributed by atoms with Crippen molar-refractivity contribution in [3.63, 3.8) is 0 Å². The number of hydrogen-bond donors (Lipinski definition) is 0. The van der Waals surface area contributed by atoms with Crippen molar-refractivity contribution < 1.29 is 28.6 Å². The number of carbonyl (C=O) groups is 3. The summed E-state index contributed by atoms with van der Waals surface area (Å²) < 4.78 is 16.6. The van der Waals surface area contributed by atoms with Crippen LogP contribution in [0.1, 0.15) is 213 Å². The summed E-state index contributed by atoms with van der Waals surface area (Å²) in [5.74, 6) is -0.974. The van der Waals surface area contributed by atoms with Gasteiger partial charge in [-0.2, -0.15) is 0 Å². The van der Waals surface area contributed by atoms with E-state index in [1.165, 1.54) is 77.0 Å². The van der Waals surface area contributed by atoms with E-state index in [0.717, 1.165) is 89.9 Å². The second-order valence-electron chi connectivity index (χ2n) is 15.3. The number of allylic oxidation sites excluding steroid dienone is 12. The number of carbonyl (C=O) groups excluding carboxylic acids is 3. The minimum atomic E-state index is -0.798. The second-order valence-corrected chi connectivity index (χ2v) is 15.3. The van der Waals surface area contributed by atoms with Gasteiger partial charge in [-0.15, -0.1) is 0 Å². The standard InChI is InChI=1S/C51H86O6/c1-4-7-10-13-16-19-21-23-25-26-27-29-30-32-35-38-41-44-50(53)56-47-48(46-55-49(52)43-40-37-34-18-15-12-9-6-3)57-51(54)45-42-39-36-33-31-28-24-22-20-17-14-11-8-5-2/h7,10,16,19,22-25,27,29,32,35,48H,4-6,8-9,11-15,17-18,20-21,26,28,30-31,33-34,36-47H2,1-3H3/b10-7-,19-16-,24-22-,25-23-,29-27-,35-32-. The van der Waals surface area contributed by atoms with Crippen LogP contribution in [-0.2, 0) is 28.6 Å². The fraction of sp³-hybridized carbons (Fsp3) is 0.706. The fourth-order valence-electron chi connectivity index (χ4n) is 6.18. The first-order valence-corrected chi connectivity index (χ1v) is 23.4. The molecule has 0 rings (SSSR count). The Morgan fingerprint density at radius 3 is 1.16 bits per heavy atom. The Morgan fingerprint density at radius 1 is 0.368 bits per heavy atom. The van der Waals surface area contributed by atoms with Crippen LogP contribution in [0.3, 0.4) is 0 Å². The van der Waals surface area contributed by atoms with Gasteiger partial charge in [0.05, 0.1) is 0 Å². The summed E-state index contributed by atoms with van der Waals surface area (Å²) in [6, 6.07) is 0. The Hall–Kier alpha value is -3.15. The van der Waals surface area contributed by atoms with Gasteiger partial charge in [-0.25, -0.2) is 0 Å². The minimum Gasteiger partial charge on any atom is -0.462 e. The lowest BCUT2D eigenvalue weighted by Crippen LogP contribution is -2.30. The third-order valence-corrected chi connectivity index (χ3v) is 9.70. The number of ether oxygens (including phenoxy) is 3. The van der Waals surface area contributed by atoms with E-state index in [9.17, 15) is 14.4 Å². The van der Waals surface area contributed by atoms with E-state index in [1.807, 2.05) is 0 Å². The summed E-state index contributed by atoms with van der Waals surface area (Å²) in [5.41, 5.74) is 0. The van der Waals surface area contributed by atoms with Gasteiger partial charge < -0.3 is 14.2 Å². The van der Waals surface area contributed by atoms with Crippen LogP contribution in [0.25, 0.3) is 0 Å². The van der Waals surface area contributed by atoms with Gasteiger partial charge in [0, 0.05) is 19.3 Å². The molecule has 0 amide bonds. The molecule has 0 aromatic carbocycles. The summed E-state index contributed by atoms with van der Waals surface area (Å²) >= 11 is 0. The average molecular weight is 795 g/mol. The highest BCUT2D eigenvalue weighted by Crippen LogP contribution is 2.13. The maximum Gasteiger partial charge on any atom is 0.306 e. The van der Waals surface area contributed by atoms with Crippen LogP contribution in [0.15, 0.2) is 72.9 Å². The monoisotopic (exact) mass is 795 g/mol. The van der Waals surface area contributed by atoms with E-state index < -0.39 is 6.10 Å². The summed E-state index contributed by atoms with van der Waals surface area (Å²) in [5, 5.41) is 0. The van der Waals surface area contributed by atoms with Crippen molar-refractivity contribution in [2.75, 3.05) is 13.2 Å². The van der Waals surface area contributed by atoms with Crippen LogP contribution in [0, 0.1) is 0 Å². The Morgan fingerprint density at radius 2 is 0.702 bits per heavy atom. The molecule has 0 fully saturated rings. The van der Waals surface area contributed by atoms with Crippen LogP contribution in [0.2, 0.25) is 0 Å². The van der Waals surface area contributed by atoms with E-state index in [-0.39, 0.29) is 37.5 Å². The van der Waals surface area contributed by atoms with Crippen molar-refractivity contribution in [2.45, 2.75) is 219 Å². The summed E-state index contributed by atoms with van der Waals surface area (Å²) in [7, 11) is 0. The van der Waals surface area contributed by atoms with Crippen LogP contribution in [-0.4, -0.2) is 37.2 Å². The Bertz CT molecular complexity index is 1100. The summed E-state index contributed by atoms with van der Waals surface area (Å²) in [4.78, 5) is 37.7. The van der Waals surface area contributed by atoms with E-state index in [1.54, 1.807) is 0 Å². The molecule has 6 nitrogen and oxygen atoms in total. The van der Waals surface area contributed by atoms with Crippen molar-refractivity contribution in [2.24, 2.45) is 0 Å². The van der Waals surface area contributed by atoms with Gasteiger partial charge >= 0.3 is 17.9 Å². The fourth-order valence-corrected chi connectivity index (χ4v) is 6.18. The van der Waals surface area contributed by atoms with Gasteiger partial charge in [0.1, 0.15) is 13.2 Å². The van der Waals surface area contributed by atoms with Crippen LogP contribution < -0.4 is 0 Å². The van der Waals surface area contributed by atoms with Gasteiger partial charge in [-0.1, -0.05) is 184 Å². The highest BCUT2D eigenvalue weighted by molar-refractivity contribution is 5.71. The molecule has 0 heterocycles. The first kappa shape index (κ1) is 53.9. The molecule has 6 heteroatoms. The predicted molar refractivity (Wildman–Crippen MR) is 242 cm³/mol. The van der Waals surface area contributed by atoms with Crippen molar-refractivity contribution in [3.8, 4) is 0 Å². The number of rotatable bonds is 41. The smallest absolute Gasteiger partial charge is 0.306 e. The van der Waals surface area contributed by atoms with Gasteiger partial charge in [0.15, 0.2) is 6.10 Å². The highest BCUT2D eigenvalue weighted by Gasteiger charge is 2.19. The highest BCUT2D eigenvalue weighted by atomic mass is 16.6. The van der Waals surface area contributed by atoms with Crippen LogP contribution >= 0.6 is 0 Å². The normalized spacial score (nSPS) is 12.7. The van der Waals surface area contributed by atoms with E-state index in [0.29, 0.717) is 19.3 Å². The zero-order chi connectivity index (χ0) is 41.5. The maximum atomic E-state index is 12.7. The van der Waals surface area contributed by atoms with Gasteiger partial charge in [-0.05, 0) is 83.5 Å². The van der Waals surface area contributed by atoms with Gasteiger partial charge in [0.25, 0.3) is 0 Å². The number of unbranched alkanes of at least 4 members (excludes halogenated alkanes) is 18. The van der Waals surface area contributed by atoms with E-state index >= 15 is 0 Å². The lowest BCUT2D eigenvalue weighted by molar-refractivity contribution is -0.167. The van der Waals surface area contributed by atoms with Gasteiger partial charge in [-0.3, -0.25) is 14.4 Å². The molecule has 0 aromatic rings. The van der Waals surface area contributed by atoms with Crippen LogP contribution in [0.4, 0.5) is 0 Å². The number of esters is 3. The molecule has 326 valence electrons. The largest absolute Gasteiger partial charge is 0.462 e. The van der Waals surface area contributed by atoms with Crippen molar-refractivity contribution in [1.29, 1.82) is 0 Å². The first-order valence-electron chi connectivity index (χ1n) is 23.4. The molecule has 0 bridgehead atoms. The third kappa shape index (κ3) is 43.8. The first-order chi connectivity index (χ1) is 28.0. The molecule has 0 aliphatic rings. The summed E-state index contributed by atoms with van der Waals surface area (Å²) in [6.07, 6.45) is 56.1. The topological polar surface area (TPSA) is 78.9 Å². The second kappa shape index (κ2) is 45.6. The lowest BCUT2D eigenvalue weighted by atomic mass is 10.1. The molecule has 1 unspecified atom stereocenters. The zero-order valence-electron chi connectivity index (χ0n) is 37.1. The Balaban J connectivity index is 4.44.